The second kappa shape index (κ2) is 6.07. The molecule has 2 atom stereocenters. The number of hydrogen-bond donors (Lipinski definition) is 2. The molecule has 1 heterocycles. The lowest BCUT2D eigenvalue weighted by Crippen LogP contribution is -2.25. The number of aliphatic hydroxyl groups is 2. The predicted molar refractivity (Wildman–Crippen MR) is 86.5 cm³/mol. The molecule has 122 valence electrons. The highest BCUT2D eigenvalue weighted by atomic mass is 35.5. The fourth-order valence-corrected chi connectivity index (χ4v) is 3.13. The van der Waals surface area contributed by atoms with E-state index in [1.54, 1.807) is 18.3 Å². The van der Waals surface area contributed by atoms with Gasteiger partial charge in [-0.05, 0) is 38.0 Å². The van der Waals surface area contributed by atoms with E-state index in [4.69, 9.17) is 16.3 Å². The third-order valence-electron chi connectivity index (χ3n) is 4.45. The summed E-state index contributed by atoms with van der Waals surface area (Å²) < 4.78 is 5.90. The molecule has 1 aliphatic rings. The monoisotopic (exact) mass is 334 g/mol. The van der Waals surface area contributed by atoms with Crippen molar-refractivity contribution in [3.05, 3.63) is 52.6 Å². The first-order chi connectivity index (χ1) is 10.9. The Morgan fingerprint density at radius 3 is 2.57 bits per heavy atom. The third-order valence-corrected chi connectivity index (χ3v) is 4.70. The number of benzene rings is 1. The van der Waals surface area contributed by atoms with Gasteiger partial charge in [-0.2, -0.15) is 0 Å². The van der Waals surface area contributed by atoms with Crippen molar-refractivity contribution in [1.29, 1.82) is 0 Å². The standard InChI is InChI=1S/C17H19ClN2O3/c1-10-15(8-19-11(2)20-10)23-9-17(7-14(17)16(21)22)12-3-5-13(18)6-4-12/h3-6,8,14,16,21-22H,7,9H2,1-2H3. The van der Waals surface area contributed by atoms with Crippen LogP contribution in [0.1, 0.15) is 23.5 Å². The Kier molecular flexibility index (Phi) is 4.27. The Hall–Kier alpha value is -1.69. The van der Waals surface area contributed by atoms with Gasteiger partial charge >= 0.3 is 0 Å². The van der Waals surface area contributed by atoms with E-state index in [9.17, 15) is 10.2 Å². The SMILES string of the molecule is Cc1ncc(OCC2(c3ccc(Cl)cc3)CC2C(O)O)c(C)n1. The van der Waals surface area contributed by atoms with Gasteiger partial charge in [-0.15, -0.1) is 0 Å². The lowest BCUT2D eigenvalue weighted by molar-refractivity contribution is -0.0636. The summed E-state index contributed by atoms with van der Waals surface area (Å²) in [5.41, 5.74) is 1.34. The van der Waals surface area contributed by atoms with Crippen LogP contribution in [0, 0.1) is 19.8 Å². The van der Waals surface area contributed by atoms with E-state index in [0.717, 1.165) is 11.3 Å². The van der Waals surface area contributed by atoms with Gasteiger partial charge < -0.3 is 14.9 Å². The highest BCUT2D eigenvalue weighted by Gasteiger charge is 2.59. The van der Waals surface area contributed by atoms with Gasteiger partial charge in [0.15, 0.2) is 12.0 Å². The van der Waals surface area contributed by atoms with Gasteiger partial charge in [0.2, 0.25) is 0 Å². The largest absolute Gasteiger partial charge is 0.489 e. The van der Waals surface area contributed by atoms with E-state index in [-0.39, 0.29) is 5.92 Å². The van der Waals surface area contributed by atoms with E-state index in [0.29, 0.717) is 29.6 Å². The first kappa shape index (κ1) is 16.2. The summed E-state index contributed by atoms with van der Waals surface area (Å²) in [5.74, 6) is 1.05. The lowest BCUT2D eigenvalue weighted by Gasteiger charge is -2.20. The van der Waals surface area contributed by atoms with E-state index in [2.05, 4.69) is 9.97 Å². The maximum Gasteiger partial charge on any atom is 0.158 e. The molecule has 5 nitrogen and oxygen atoms in total. The summed E-state index contributed by atoms with van der Waals surface area (Å²) in [7, 11) is 0. The van der Waals surface area contributed by atoms with Crippen molar-refractivity contribution in [2.24, 2.45) is 5.92 Å². The summed E-state index contributed by atoms with van der Waals surface area (Å²) in [4.78, 5) is 8.43. The summed E-state index contributed by atoms with van der Waals surface area (Å²) >= 11 is 5.94. The zero-order valence-electron chi connectivity index (χ0n) is 13.0. The van der Waals surface area contributed by atoms with Crippen LogP contribution in [0.3, 0.4) is 0 Å². The van der Waals surface area contributed by atoms with E-state index < -0.39 is 11.7 Å². The van der Waals surface area contributed by atoms with Crippen molar-refractivity contribution in [2.45, 2.75) is 32.0 Å². The molecule has 0 saturated heterocycles. The predicted octanol–water partition coefficient (Wildman–Crippen LogP) is 2.39. The number of rotatable bonds is 5. The zero-order valence-corrected chi connectivity index (χ0v) is 13.8. The van der Waals surface area contributed by atoms with Crippen molar-refractivity contribution >= 4 is 11.6 Å². The summed E-state index contributed by atoms with van der Waals surface area (Å²) in [5, 5.41) is 19.8. The molecule has 3 rings (SSSR count). The minimum absolute atomic E-state index is 0.254. The van der Waals surface area contributed by atoms with Crippen molar-refractivity contribution < 1.29 is 14.9 Å². The van der Waals surface area contributed by atoms with E-state index in [1.807, 2.05) is 26.0 Å². The van der Waals surface area contributed by atoms with Crippen molar-refractivity contribution in [3.63, 3.8) is 0 Å². The molecule has 2 N–H and O–H groups in total. The zero-order chi connectivity index (χ0) is 16.6. The van der Waals surface area contributed by atoms with Crippen LogP contribution in [0.5, 0.6) is 5.75 Å². The molecule has 0 bridgehead atoms. The minimum Gasteiger partial charge on any atom is -0.489 e. The number of aromatic nitrogens is 2. The van der Waals surface area contributed by atoms with Crippen LogP contribution in [0.15, 0.2) is 30.5 Å². The lowest BCUT2D eigenvalue weighted by atomic mass is 9.94. The van der Waals surface area contributed by atoms with Crippen molar-refractivity contribution in [3.8, 4) is 5.75 Å². The number of hydrogen-bond acceptors (Lipinski definition) is 5. The smallest absolute Gasteiger partial charge is 0.158 e. The molecule has 23 heavy (non-hydrogen) atoms. The van der Waals surface area contributed by atoms with Crippen LogP contribution in [0.4, 0.5) is 0 Å². The first-order valence-corrected chi connectivity index (χ1v) is 7.85. The first-order valence-electron chi connectivity index (χ1n) is 7.47. The number of aryl methyl sites for hydroxylation is 2. The van der Waals surface area contributed by atoms with E-state index >= 15 is 0 Å². The Morgan fingerprint density at radius 1 is 1.30 bits per heavy atom. The Balaban J connectivity index is 1.82. The number of nitrogens with zero attached hydrogens (tertiary/aromatic N) is 2. The molecule has 1 fully saturated rings. The van der Waals surface area contributed by atoms with Crippen LogP contribution in [0.25, 0.3) is 0 Å². The molecule has 2 aromatic rings. The number of halogens is 1. The Bertz CT molecular complexity index is 705. The molecule has 0 amide bonds. The second-order valence-electron chi connectivity index (χ2n) is 6.04. The highest BCUT2D eigenvalue weighted by Crippen LogP contribution is 2.56. The molecular formula is C17H19ClN2O3. The normalized spacial score (nSPS) is 23.1. The molecule has 1 aromatic heterocycles. The van der Waals surface area contributed by atoms with Crippen LogP contribution >= 0.6 is 11.6 Å². The molecule has 1 saturated carbocycles. The fourth-order valence-electron chi connectivity index (χ4n) is 3.01. The molecule has 2 unspecified atom stereocenters. The van der Waals surface area contributed by atoms with Gasteiger partial charge in [-0.25, -0.2) is 9.97 Å². The Morgan fingerprint density at radius 2 is 2.00 bits per heavy atom. The number of ether oxygens (including phenoxy) is 1. The minimum atomic E-state index is -1.37. The summed E-state index contributed by atoms with van der Waals surface area (Å²) in [6.45, 7) is 4.03. The van der Waals surface area contributed by atoms with Crippen LogP contribution < -0.4 is 4.74 Å². The average molecular weight is 335 g/mol. The fraction of sp³-hybridized carbons (Fsp3) is 0.412. The Labute approximate surface area is 139 Å². The van der Waals surface area contributed by atoms with Gasteiger partial charge in [0, 0.05) is 16.4 Å². The van der Waals surface area contributed by atoms with Crippen LogP contribution in [-0.2, 0) is 5.41 Å². The van der Waals surface area contributed by atoms with Gasteiger partial charge in [0.1, 0.15) is 5.82 Å². The molecule has 6 heteroatoms. The topological polar surface area (TPSA) is 75.5 Å². The molecule has 1 aliphatic carbocycles. The van der Waals surface area contributed by atoms with Gasteiger partial charge in [-0.1, -0.05) is 23.7 Å². The third kappa shape index (κ3) is 3.17. The molecule has 0 spiro atoms. The van der Waals surface area contributed by atoms with E-state index in [1.165, 1.54) is 0 Å². The molecular weight excluding hydrogens is 316 g/mol. The van der Waals surface area contributed by atoms with Crippen LogP contribution in [-0.4, -0.2) is 33.1 Å². The summed E-state index contributed by atoms with van der Waals surface area (Å²) in [6, 6.07) is 7.43. The molecule has 0 aliphatic heterocycles. The summed E-state index contributed by atoms with van der Waals surface area (Å²) in [6.07, 6.45) is 0.933. The second-order valence-corrected chi connectivity index (χ2v) is 6.48. The average Bonchev–Trinajstić information content (AvgIpc) is 3.23. The van der Waals surface area contributed by atoms with Gasteiger partial charge in [-0.3, -0.25) is 0 Å². The quantitative estimate of drug-likeness (QED) is 0.821. The maximum atomic E-state index is 9.58. The molecule has 0 radical (unpaired) electrons. The van der Waals surface area contributed by atoms with Crippen molar-refractivity contribution in [1.82, 2.24) is 9.97 Å². The highest BCUT2D eigenvalue weighted by molar-refractivity contribution is 6.30. The van der Waals surface area contributed by atoms with Gasteiger partial charge in [0.05, 0.1) is 18.5 Å². The van der Waals surface area contributed by atoms with Gasteiger partial charge in [0.25, 0.3) is 0 Å². The van der Waals surface area contributed by atoms with Crippen molar-refractivity contribution in [2.75, 3.05) is 6.61 Å². The van der Waals surface area contributed by atoms with Crippen LogP contribution in [0.2, 0.25) is 5.02 Å². The number of aliphatic hydroxyl groups excluding tert-OH is 1. The maximum absolute atomic E-state index is 9.58. The molecule has 1 aromatic carbocycles.